The number of rotatable bonds is 5. The molecule has 1 aromatic rings. The molecule has 0 aromatic carbocycles. The average molecular weight is 301 g/mol. The van der Waals surface area contributed by atoms with Crippen LogP contribution in [-0.4, -0.2) is 63.5 Å². The third-order valence-corrected chi connectivity index (χ3v) is 3.60. The minimum Gasteiger partial charge on any atom is -0.394 e. The van der Waals surface area contributed by atoms with Crippen molar-refractivity contribution in [3.63, 3.8) is 0 Å². The Morgan fingerprint density at radius 3 is 2.81 bits per heavy atom. The van der Waals surface area contributed by atoms with Crippen molar-refractivity contribution in [2.75, 3.05) is 26.1 Å². The molecule has 118 valence electrons. The number of nitrogens with zero attached hydrogens (tertiary/aromatic N) is 2. The highest BCUT2D eigenvalue weighted by molar-refractivity contribution is 5.24. The molecule has 1 aliphatic rings. The number of anilines is 1. The lowest BCUT2D eigenvalue weighted by atomic mass is 9.99. The van der Waals surface area contributed by atoms with E-state index < -0.39 is 36.3 Å². The SMILES string of the molecule is COCC[C@@]1(n2ccc(N)nc2=O)O[C@H](CO)[C@@H](O)[C@H]1O. The largest absolute Gasteiger partial charge is 0.394 e. The molecule has 1 saturated heterocycles. The number of aliphatic hydroxyl groups is 3. The van der Waals surface area contributed by atoms with Crippen molar-refractivity contribution in [2.45, 2.75) is 30.5 Å². The zero-order valence-corrected chi connectivity index (χ0v) is 11.5. The fraction of sp³-hybridized carbons (Fsp3) is 0.667. The number of hydrogen-bond acceptors (Lipinski definition) is 8. The molecule has 9 nitrogen and oxygen atoms in total. The Bertz CT molecular complexity index is 550. The van der Waals surface area contributed by atoms with Crippen LogP contribution in [0.25, 0.3) is 0 Å². The molecule has 0 radical (unpaired) electrons. The van der Waals surface area contributed by atoms with Crippen molar-refractivity contribution < 1.29 is 24.8 Å². The Labute approximate surface area is 120 Å². The summed E-state index contributed by atoms with van der Waals surface area (Å²) in [5, 5.41) is 29.5. The fourth-order valence-corrected chi connectivity index (χ4v) is 2.50. The van der Waals surface area contributed by atoms with E-state index in [1.807, 2.05) is 0 Å². The van der Waals surface area contributed by atoms with E-state index >= 15 is 0 Å². The van der Waals surface area contributed by atoms with Crippen LogP contribution in [0, 0.1) is 0 Å². The van der Waals surface area contributed by atoms with E-state index in [-0.39, 0.29) is 18.8 Å². The van der Waals surface area contributed by atoms with Gasteiger partial charge < -0.3 is 30.5 Å². The quantitative estimate of drug-likeness (QED) is 0.473. The van der Waals surface area contributed by atoms with Gasteiger partial charge >= 0.3 is 5.69 Å². The maximum Gasteiger partial charge on any atom is 0.351 e. The summed E-state index contributed by atoms with van der Waals surface area (Å²) in [6, 6.07) is 1.38. The molecule has 0 unspecified atom stereocenters. The highest BCUT2D eigenvalue weighted by Crippen LogP contribution is 2.37. The van der Waals surface area contributed by atoms with E-state index in [0.717, 1.165) is 4.57 Å². The van der Waals surface area contributed by atoms with Gasteiger partial charge in [0.15, 0.2) is 5.72 Å². The van der Waals surface area contributed by atoms with Gasteiger partial charge in [0, 0.05) is 19.7 Å². The van der Waals surface area contributed by atoms with Crippen molar-refractivity contribution in [1.29, 1.82) is 0 Å². The van der Waals surface area contributed by atoms with Gasteiger partial charge in [-0.3, -0.25) is 4.57 Å². The van der Waals surface area contributed by atoms with Crippen LogP contribution in [0.2, 0.25) is 0 Å². The van der Waals surface area contributed by atoms with Gasteiger partial charge in [0.2, 0.25) is 0 Å². The van der Waals surface area contributed by atoms with Crippen molar-refractivity contribution in [1.82, 2.24) is 9.55 Å². The highest BCUT2D eigenvalue weighted by atomic mass is 16.6. The minimum absolute atomic E-state index is 0.0323. The lowest BCUT2D eigenvalue weighted by Crippen LogP contribution is -2.51. The van der Waals surface area contributed by atoms with E-state index in [1.54, 1.807) is 0 Å². The summed E-state index contributed by atoms with van der Waals surface area (Å²) in [4.78, 5) is 15.6. The predicted octanol–water partition coefficient (Wildman–Crippen LogP) is -2.37. The van der Waals surface area contributed by atoms with Gasteiger partial charge in [-0.25, -0.2) is 4.79 Å². The molecule has 9 heteroatoms. The summed E-state index contributed by atoms with van der Waals surface area (Å²) in [6.07, 6.45) is -2.36. The third kappa shape index (κ3) is 2.65. The fourth-order valence-electron chi connectivity index (χ4n) is 2.50. The average Bonchev–Trinajstić information content (AvgIpc) is 2.70. The van der Waals surface area contributed by atoms with Crippen molar-refractivity contribution in [2.24, 2.45) is 0 Å². The van der Waals surface area contributed by atoms with Crippen LogP contribution in [0.4, 0.5) is 5.82 Å². The van der Waals surface area contributed by atoms with Crippen LogP contribution < -0.4 is 11.4 Å². The van der Waals surface area contributed by atoms with E-state index in [0.29, 0.717) is 0 Å². The molecule has 2 heterocycles. The van der Waals surface area contributed by atoms with E-state index in [1.165, 1.54) is 19.4 Å². The van der Waals surface area contributed by atoms with Gasteiger partial charge in [-0.05, 0) is 6.07 Å². The van der Waals surface area contributed by atoms with Crippen molar-refractivity contribution in [3.05, 3.63) is 22.7 Å². The number of nitrogens with two attached hydrogens (primary N) is 1. The predicted molar refractivity (Wildman–Crippen MR) is 71.3 cm³/mol. The summed E-state index contributed by atoms with van der Waals surface area (Å²) in [5.74, 6) is 0.0323. The van der Waals surface area contributed by atoms with Gasteiger partial charge in [-0.2, -0.15) is 4.98 Å². The zero-order valence-electron chi connectivity index (χ0n) is 11.5. The highest BCUT2D eigenvalue weighted by Gasteiger charge is 2.55. The first-order valence-corrected chi connectivity index (χ1v) is 6.45. The Balaban J connectivity index is 2.50. The summed E-state index contributed by atoms with van der Waals surface area (Å²) in [7, 11) is 1.46. The van der Waals surface area contributed by atoms with Crippen LogP contribution in [0.3, 0.4) is 0 Å². The number of ether oxygens (including phenoxy) is 2. The molecule has 1 aromatic heterocycles. The van der Waals surface area contributed by atoms with Crippen LogP contribution in [0.15, 0.2) is 17.1 Å². The van der Waals surface area contributed by atoms with Crippen LogP contribution in [0.5, 0.6) is 0 Å². The van der Waals surface area contributed by atoms with Gasteiger partial charge in [-0.15, -0.1) is 0 Å². The summed E-state index contributed by atoms with van der Waals surface area (Å²) >= 11 is 0. The number of aromatic nitrogens is 2. The normalized spacial score (nSPS) is 32.5. The lowest BCUT2D eigenvalue weighted by Gasteiger charge is -2.33. The summed E-state index contributed by atoms with van der Waals surface area (Å²) in [6.45, 7) is -0.331. The first kappa shape index (κ1) is 15.9. The Hall–Kier alpha value is -1.52. The second-order valence-electron chi connectivity index (χ2n) is 4.87. The topological polar surface area (TPSA) is 140 Å². The van der Waals surface area contributed by atoms with E-state index in [2.05, 4.69) is 4.98 Å². The number of hydrogen-bond donors (Lipinski definition) is 4. The molecule has 1 aliphatic heterocycles. The molecule has 5 N–H and O–H groups in total. The Morgan fingerprint density at radius 2 is 2.29 bits per heavy atom. The Morgan fingerprint density at radius 1 is 1.57 bits per heavy atom. The maximum absolute atomic E-state index is 12.0. The summed E-state index contributed by atoms with van der Waals surface area (Å²) in [5.41, 5.74) is 3.15. The third-order valence-electron chi connectivity index (χ3n) is 3.60. The van der Waals surface area contributed by atoms with Crippen molar-refractivity contribution >= 4 is 5.82 Å². The number of methoxy groups -OCH3 is 1. The van der Waals surface area contributed by atoms with Gasteiger partial charge in [-0.1, -0.05) is 0 Å². The number of nitrogen functional groups attached to an aromatic ring is 1. The Kier molecular flexibility index (Phi) is 4.59. The summed E-state index contributed by atoms with van der Waals surface area (Å²) < 4.78 is 11.6. The molecule has 1 fully saturated rings. The molecule has 0 amide bonds. The molecular weight excluding hydrogens is 282 g/mol. The minimum atomic E-state index is -1.57. The monoisotopic (exact) mass is 301 g/mol. The molecule has 0 saturated carbocycles. The van der Waals surface area contributed by atoms with Crippen LogP contribution >= 0.6 is 0 Å². The van der Waals surface area contributed by atoms with Gasteiger partial charge in [0.1, 0.15) is 24.1 Å². The maximum atomic E-state index is 12.0. The van der Waals surface area contributed by atoms with E-state index in [9.17, 15) is 20.1 Å². The van der Waals surface area contributed by atoms with Crippen molar-refractivity contribution in [3.8, 4) is 0 Å². The van der Waals surface area contributed by atoms with Crippen LogP contribution in [0.1, 0.15) is 6.42 Å². The molecular formula is C12H19N3O6. The molecule has 2 rings (SSSR count). The first-order chi connectivity index (χ1) is 9.96. The van der Waals surface area contributed by atoms with Gasteiger partial charge in [0.25, 0.3) is 0 Å². The smallest absolute Gasteiger partial charge is 0.351 e. The standard InChI is InChI=1S/C12H19N3O6/c1-20-5-3-12(10(18)9(17)7(6-16)21-12)15-4-2-8(13)14-11(15)19/h2,4,7,9-10,16-18H,3,5-6H2,1H3,(H2,13,14,19)/t7-,9-,10-,12-/m1/s1. The molecule has 0 spiro atoms. The lowest BCUT2D eigenvalue weighted by molar-refractivity contribution is -0.161. The van der Waals surface area contributed by atoms with Crippen LogP contribution in [-0.2, 0) is 15.2 Å². The first-order valence-electron chi connectivity index (χ1n) is 6.45. The van der Waals surface area contributed by atoms with E-state index in [4.69, 9.17) is 15.2 Å². The number of aliphatic hydroxyl groups excluding tert-OH is 3. The second-order valence-corrected chi connectivity index (χ2v) is 4.87. The van der Waals surface area contributed by atoms with Gasteiger partial charge in [0.05, 0.1) is 13.2 Å². The molecule has 4 atom stereocenters. The molecule has 21 heavy (non-hydrogen) atoms. The molecule has 0 bridgehead atoms. The molecule has 0 aliphatic carbocycles. The second kappa shape index (κ2) is 6.08. The zero-order chi connectivity index (χ0) is 15.6.